The van der Waals surface area contributed by atoms with Gasteiger partial charge >= 0.3 is 6.18 Å². The lowest BCUT2D eigenvalue weighted by molar-refractivity contribution is -0.137. The van der Waals surface area contributed by atoms with Crippen molar-refractivity contribution in [3.8, 4) is 0 Å². The summed E-state index contributed by atoms with van der Waals surface area (Å²) in [6, 6.07) is 11.7. The maximum Gasteiger partial charge on any atom is 0.416 e. The molecule has 0 fully saturated rings. The average Bonchev–Trinajstić information content (AvgIpc) is 2.61. The Bertz CT molecular complexity index is 913. The van der Waals surface area contributed by atoms with Crippen molar-refractivity contribution in [3.05, 3.63) is 72.8 Å². The molecule has 1 amide bonds. The van der Waals surface area contributed by atoms with E-state index in [9.17, 15) is 26.4 Å². The zero-order valence-corrected chi connectivity index (χ0v) is 14.9. The molecule has 0 saturated carbocycles. The highest BCUT2D eigenvalue weighted by atomic mass is 32.2. The van der Waals surface area contributed by atoms with Crippen LogP contribution in [0.1, 0.15) is 5.56 Å². The van der Waals surface area contributed by atoms with Crippen molar-refractivity contribution in [1.29, 1.82) is 0 Å². The number of alkyl halides is 3. The molecule has 9 heteroatoms. The maximum atomic E-state index is 12.9. The van der Waals surface area contributed by atoms with Crippen molar-refractivity contribution in [3.63, 3.8) is 0 Å². The molecule has 2 aromatic rings. The molecule has 0 aliphatic heterocycles. The van der Waals surface area contributed by atoms with Crippen molar-refractivity contribution >= 4 is 21.6 Å². The highest BCUT2D eigenvalue weighted by molar-refractivity contribution is 7.89. The topological polar surface area (TPSA) is 66.5 Å². The quantitative estimate of drug-likeness (QED) is 0.726. The number of halogens is 3. The van der Waals surface area contributed by atoms with Gasteiger partial charge in [-0.15, -0.1) is 6.58 Å². The molecule has 0 heterocycles. The maximum absolute atomic E-state index is 12.9. The number of amides is 1. The number of carbonyl (C=O) groups excluding carboxylic acids is 1. The molecule has 0 aromatic heterocycles. The molecule has 0 atom stereocenters. The number of sulfonamides is 1. The van der Waals surface area contributed by atoms with Crippen LogP contribution >= 0.6 is 0 Å². The minimum absolute atomic E-state index is 0.235. The standard InChI is InChI=1S/C18H17F3N2O3S/c1-2-11-23(13-17(24)22-15-8-4-3-5-9-15)27(25,26)16-10-6-7-14(12-16)18(19,20)21/h2-10,12H,1,11,13H2,(H,22,24). The summed E-state index contributed by atoms with van der Waals surface area (Å²) in [6.07, 6.45) is -3.43. The summed E-state index contributed by atoms with van der Waals surface area (Å²) in [7, 11) is -4.33. The fraction of sp³-hybridized carbons (Fsp3) is 0.167. The first-order valence-electron chi connectivity index (χ1n) is 7.78. The minimum Gasteiger partial charge on any atom is -0.325 e. The number of anilines is 1. The Morgan fingerprint density at radius 1 is 1.11 bits per heavy atom. The van der Waals surface area contributed by atoms with Crippen molar-refractivity contribution in [2.24, 2.45) is 0 Å². The van der Waals surface area contributed by atoms with Gasteiger partial charge in [0.1, 0.15) is 0 Å². The smallest absolute Gasteiger partial charge is 0.325 e. The molecule has 2 rings (SSSR count). The number of hydrogen-bond acceptors (Lipinski definition) is 3. The molecular formula is C18H17F3N2O3S. The number of nitrogens with one attached hydrogen (secondary N) is 1. The third-order valence-electron chi connectivity index (χ3n) is 3.51. The van der Waals surface area contributed by atoms with E-state index in [1.165, 1.54) is 6.08 Å². The molecule has 0 aliphatic rings. The van der Waals surface area contributed by atoms with Gasteiger partial charge in [0.2, 0.25) is 15.9 Å². The highest BCUT2D eigenvalue weighted by Crippen LogP contribution is 2.31. The van der Waals surface area contributed by atoms with Crippen LogP contribution in [0.4, 0.5) is 18.9 Å². The van der Waals surface area contributed by atoms with E-state index in [1.54, 1.807) is 30.3 Å². The summed E-state index contributed by atoms with van der Waals surface area (Å²) in [5, 5.41) is 2.53. The predicted octanol–water partition coefficient (Wildman–Crippen LogP) is 3.52. The van der Waals surface area contributed by atoms with Crippen molar-refractivity contribution in [1.82, 2.24) is 4.31 Å². The van der Waals surface area contributed by atoms with Gasteiger partial charge in [-0.1, -0.05) is 30.3 Å². The van der Waals surface area contributed by atoms with Gasteiger partial charge in [-0.3, -0.25) is 4.79 Å². The second-order valence-corrected chi connectivity index (χ2v) is 7.46. The van der Waals surface area contributed by atoms with E-state index in [4.69, 9.17) is 0 Å². The van der Waals surface area contributed by atoms with Crippen LogP contribution in [0.2, 0.25) is 0 Å². The molecule has 0 radical (unpaired) electrons. The monoisotopic (exact) mass is 398 g/mol. The second kappa shape index (κ2) is 8.36. The molecule has 144 valence electrons. The van der Waals surface area contributed by atoms with Crippen LogP contribution in [-0.4, -0.2) is 31.7 Å². The number of nitrogens with zero attached hydrogens (tertiary/aromatic N) is 1. The molecule has 27 heavy (non-hydrogen) atoms. The fourth-order valence-electron chi connectivity index (χ4n) is 2.26. The molecule has 0 spiro atoms. The second-order valence-electron chi connectivity index (χ2n) is 5.53. The van der Waals surface area contributed by atoms with E-state index in [0.717, 1.165) is 22.5 Å². The number of rotatable bonds is 7. The highest BCUT2D eigenvalue weighted by Gasteiger charge is 2.33. The SMILES string of the molecule is C=CCN(CC(=O)Nc1ccccc1)S(=O)(=O)c1cccc(C(F)(F)F)c1. The Morgan fingerprint density at radius 3 is 2.37 bits per heavy atom. The Balaban J connectivity index is 2.26. The van der Waals surface area contributed by atoms with E-state index in [2.05, 4.69) is 11.9 Å². The van der Waals surface area contributed by atoms with Crippen LogP contribution in [0, 0.1) is 0 Å². The Morgan fingerprint density at radius 2 is 1.78 bits per heavy atom. The first-order valence-corrected chi connectivity index (χ1v) is 9.22. The lowest BCUT2D eigenvalue weighted by Crippen LogP contribution is -2.38. The molecule has 0 saturated heterocycles. The number of carbonyl (C=O) groups is 1. The van der Waals surface area contributed by atoms with Crippen molar-refractivity contribution in [2.75, 3.05) is 18.4 Å². The molecule has 1 N–H and O–H groups in total. The molecule has 0 bridgehead atoms. The van der Waals surface area contributed by atoms with E-state index in [-0.39, 0.29) is 6.54 Å². The van der Waals surface area contributed by atoms with Crippen molar-refractivity contribution < 1.29 is 26.4 Å². The van der Waals surface area contributed by atoms with E-state index in [1.807, 2.05) is 0 Å². The van der Waals surface area contributed by atoms with Crippen LogP contribution in [0.15, 0.2) is 72.1 Å². The van der Waals surface area contributed by atoms with Crippen LogP contribution in [0.5, 0.6) is 0 Å². The largest absolute Gasteiger partial charge is 0.416 e. The number of para-hydroxylation sites is 1. The zero-order chi connectivity index (χ0) is 20.1. The van der Waals surface area contributed by atoms with E-state index < -0.39 is 39.1 Å². The number of benzene rings is 2. The summed E-state index contributed by atoms with van der Waals surface area (Å²) in [5.41, 5.74) is -0.617. The summed E-state index contributed by atoms with van der Waals surface area (Å²) in [6.45, 7) is 2.63. The summed E-state index contributed by atoms with van der Waals surface area (Å²) >= 11 is 0. The van der Waals surface area contributed by atoms with Gasteiger partial charge in [0.15, 0.2) is 0 Å². The molecule has 0 unspecified atom stereocenters. The predicted molar refractivity (Wildman–Crippen MR) is 95.5 cm³/mol. The van der Waals surface area contributed by atoms with Gasteiger partial charge in [0.25, 0.3) is 0 Å². The summed E-state index contributed by atoms with van der Waals surface area (Å²) < 4.78 is 64.8. The third-order valence-corrected chi connectivity index (χ3v) is 5.32. The van der Waals surface area contributed by atoms with Crippen LogP contribution in [0.3, 0.4) is 0 Å². The van der Waals surface area contributed by atoms with Gasteiger partial charge in [0.05, 0.1) is 17.0 Å². The van der Waals surface area contributed by atoms with Crippen LogP contribution < -0.4 is 5.32 Å². The lowest BCUT2D eigenvalue weighted by Gasteiger charge is -2.21. The van der Waals surface area contributed by atoms with E-state index >= 15 is 0 Å². The van der Waals surface area contributed by atoms with Crippen LogP contribution in [0.25, 0.3) is 0 Å². The van der Waals surface area contributed by atoms with Gasteiger partial charge in [-0.25, -0.2) is 8.42 Å². The lowest BCUT2D eigenvalue weighted by atomic mass is 10.2. The molecular weight excluding hydrogens is 381 g/mol. The molecule has 5 nitrogen and oxygen atoms in total. The van der Waals surface area contributed by atoms with Gasteiger partial charge in [0, 0.05) is 12.2 Å². The summed E-state index contributed by atoms with van der Waals surface area (Å²) in [4.78, 5) is 11.6. The normalized spacial score (nSPS) is 12.0. The van der Waals surface area contributed by atoms with E-state index in [0.29, 0.717) is 11.8 Å². The molecule has 2 aromatic carbocycles. The summed E-state index contributed by atoms with van der Waals surface area (Å²) in [5.74, 6) is -0.626. The van der Waals surface area contributed by atoms with Crippen LogP contribution in [-0.2, 0) is 21.0 Å². The first kappa shape index (κ1) is 20.7. The average molecular weight is 398 g/mol. The Labute approximate surface area is 155 Å². The minimum atomic E-state index is -4.68. The van der Waals surface area contributed by atoms with Gasteiger partial charge in [-0.05, 0) is 30.3 Å². The Kier molecular flexibility index (Phi) is 6.40. The van der Waals surface area contributed by atoms with Gasteiger partial charge in [-0.2, -0.15) is 17.5 Å². The Hall–Kier alpha value is -2.65. The van der Waals surface area contributed by atoms with Gasteiger partial charge < -0.3 is 5.32 Å². The zero-order valence-electron chi connectivity index (χ0n) is 14.1. The molecule has 0 aliphatic carbocycles. The number of hydrogen-bond donors (Lipinski definition) is 1. The third kappa shape index (κ3) is 5.41. The fourth-order valence-corrected chi connectivity index (χ4v) is 3.67. The van der Waals surface area contributed by atoms with Crippen molar-refractivity contribution in [2.45, 2.75) is 11.1 Å². The first-order chi connectivity index (χ1) is 12.6.